The summed E-state index contributed by atoms with van der Waals surface area (Å²) in [6.07, 6.45) is 0.957. The molecule has 7 atom stereocenters. The molecule has 1 aromatic rings. The SMILES string of the molecule is C=C[C@@H]1C[C@H](Cc2ccc(OC)c(OC(C)=O)c2)[C@H]2[C@@H](O[Si](C)(C)C(C)(C)C)[C@H](O)[C@H](O)C(=C)[C@H]21. The lowest BCUT2D eigenvalue weighted by molar-refractivity contribution is -0.132. The van der Waals surface area contributed by atoms with Gasteiger partial charge in [0.2, 0.25) is 0 Å². The molecule has 6 nitrogen and oxygen atoms in total. The van der Waals surface area contributed by atoms with Crippen molar-refractivity contribution in [2.45, 2.75) is 77.0 Å². The molecule has 0 heterocycles. The Hall–Kier alpha value is -1.93. The van der Waals surface area contributed by atoms with Gasteiger partial charge in [-0.25, -0.2) is 0 Å². The highest BCUT2D eigenvalue weighted by Gasteiger charge is 2.57. The molecule has 0 radical (unpaired) electrons. The predicted octanol–water partition coefficient (Wildman–Crippen LogP) is 4.90. The number of aliphatic hydroxyl groups excluding tert-OH is 2. The second kappa shape index (κ2) is 10.2. The summed E-state index contributed by atoms with van der Waals surface area (Å²) in [6, 6.07) is 5.64. The minimum absolute atomic E-state index is 0.0164. The smallest absolute Gasteiger partial charge is 0.308 e. The van der Waals surface area contributed by atoms with E-state index in [9.17, 15) is 15.0 Å². The van der Waals surface area contributed by atoms with Crippen molar-refractivity contribution < 1.29 is 28.9 Å². The molecule has 2 saturated carbocycles. The van der Waals surface area contributed by atoms with Crippen molar-refractivity contribution in [3.8, 4) is 11.5 Å². The Bertz CT molecular complexity index is 965. The van der Waals surface area contributed by atoms with Crippen LogP contribution in [-0.4, -0.2) is 49.9 Å². The molecule has 0 aromatic heterocycles. The van der Waals surface area contributed by atoms with Crippen molar-refractivity contribution in [3.63, 3.8) is 0 Å². The van der Waals surface area contributed by atoms with Gasteiger partial charge in [-0.3, -0.25) is 4.79 Å². The van der Waals surface area contributed by atoms with Crippen LogP contribution in [0.25, 0.3) is 0 Å². The molecule has 7 heteroatoms. The standard InChI is InChI=1S/C28H42O6Si/c1-10-19-15-20(13-18-11-12-21(32-7)22(14-18)33-17(3)29)24-23(19)16(2)25(30)26(31)27(24)34-35(8,9)28(4,5)6/h10-12,14,19-20,23-27,30-31H,1-2,13,15H2,3-9H3/t19-,20+,23+,24-,25-,26-,27-/m1/s1. The van der Waals surface area contributed by atoms with Crippen LogP contribution in [0.4, 0.5) is 0 Å². The van der Waals surface area contributed by atoms with E-state index in [1.54, 1.807) is 7.11 Å². The van der Waals surface area contributed by atoms with E-state index >= 15 is 0 Å². The van der Waals surface area contributed by atoms with Crippen LogP contribution in [0.5, 0.6) is 11.5 Å². The fraction of sp³-hybridized carbons (Fsp3) is 0.607. The summed E-state index contributed by atoms with van der Waals surface area (Å²) >= 11 is 0. The fourth-order valence-corrected chi connectivity index (χ4v) is 6.89. The molecule has 2 N–H and O–H groups in total. The summed E-state index contributed by atoms with van der Waals surface area (Å²) < 4.78 is 17.6. The molecule has 3 rings (SSSR count). The Morgan fingerprint density at radius 1 is 1.23 bits per heavy atom. The first-order valence-corrected chi connectivity index (χ1v) is 15.3. The largest absolute Gasteiger partial charge is 0.493 e. The van der Waals surface area contributed by atoms with Gasteiger partial charge in [-0.05, 0) is 77.9 Å². The third-order valence-corrected chi connectivity index (χ3v) is 12.8. The van der Waals surface area contributed by atoms with Crippen molar-refractivity contribution in [1.82, 2.24) is 0 Å². The quantitative estimate of drug-likeness (QED) is 0.239. The molecule has 0 unspecified atom stereocenters. The van der Waals surface area contributed by atoms with Crippen LogP contribution in [-0.2, 0) is 15.6 Å². The molecule has 0 bridgehead atoms. The molecule has 2 aliphatic rings. The molecule has 0 spiro atoms. The number of allylic oxidation sites excluding steroid dienone is 1. The van der Waals surface area contributed by atoms with E-state index in [0.29, 0.717) is 23.5 Å². The molecule has 194 valence electrons. The lowest BCUT2D eigenvalue weighted by Gasteiger charge is -2.49. The minimum Gasteiger partial charge on any atom is -0.493 e. The number of ether oxygens (including phenoxy) is 2. The monoisotopic (exact) mass is 502 g/mol. The van der Waals surface area contributed by atoms with Crippen LogP contribution in [0.2, 0.25) is 18.1 Å². The van der Waals surface area contributed by atoms with Gasteiger partial charge in [-0.15, -0.1) is 6.58 Å². The first kappa shape index (κ1) is 27.7. The Morgan fingerprint density at radius 3 is 2.43 bits per heavy atom. The number of esters is 1. The summed E-state index contributed by atoms with van der Waals surface area (Å²) in [6.45, 7) is 20.5. The summed E-state index contributed by atoms with van der Waals surface area (Å²) in [5.74, 6) is 0.753. The van der Waals surface area contributed by atoms with E-state index in [2.05, 4.69) is 47.0 Å². The van der Waals surface area contributed by atoms with E-state index < -0.39 is 32.6 Å². The van der Waals surface area contributed by atoms with Crippen LogP contribution in [0.3, 0.4) is 0 Å². The summed E-state index contributed by atoms with van der Waals surface area (Å²) in [4.78, 5) is 11.6. The maximum atomic E-state index is 11.6. The predicted molar refractivity (Wildman–Crippen MR) is 140 cm³/mol. The van der Waals surface area contributed by atoms with Gasteiger partial charge in [0.1, 0.15) is 12.2 Å². The van der Waals surface area contributed by atoms with Crippen molar-refractivity contribution in [1.29, 1.82) is 0 Å². The fourth-order valence-electron chi connectivity index (χ4n) is 5.56. The zero-order chi connectivity index (χ0) is 26.3. The molecule has 35 heavy (non-hydrogen) atoms. The van der Waals surface area contributed by atoms with Crippen LogP contribution in [0.15, 0.2) is 43.0 Å². The number of fused-ring (bicyclic) bond motifs is 1. The first-order chi connectivity index (χ1) is 16.2. The Morgan fingerprint density at radius 2 is 1.89 bits per heavy atom. The van der Waals surface area contributed by atoms with E-state index in [-0.39, 0.29) is 28.7 Å². The van der Waals surface area contributed by atoms with Crippen molar-refractivity contribution >= 4 is 14.3 Å². The van der Waals surface area contributed by atoms with Crippen molar-refractivity contribution in [2.24, 2.45) is 23.7 Å². The van der Waals surface area contributed by atoms with Gasteiger partial charge in [0.05, 0.1) is 13.2 Å². The number of carbonyl (C=O) groups is 1. The number of aliphatic hydroxyl groups is 2. The second-order valence-electron chi connectivity index (χ2n) is 11.6. The summed E-state index contributed by atoms with van der Waals surface area (Å²) in [5, 5.41) is 22.1. The van der Waals surface area contributed by atoms with Crippen LogP contribution >= 0.6 is 0 Å². The lowest BCUT2D eigenvalue weighted by Crippen LogP contribution is -2.58. The van der Waals surface area contributed by atoms with Gasteiger partial charge in [0, 0.05) is 6.92 Å². The number of rotatable bonds is 7. The molecule has 2 aliphatic carbocycles. The van der Waals surface area contributed by atoms with E-state index in [0.717, 1.165) is 12.0 Å². The molecule has 0 aliphatic heterocycles. The number of hydrogen-bond acceptors (Lipinski definition) is 6. The van der Waals surface area contributed by atoms with Gasteiger partial charge < -0.3 is 24.1 Å². The van der Waals surface area contributed by atoms with Crippen molar-refractivity contribution in [3.05, 3.63) is 48.6 Å². The number of hydrogen-bond donors (Lipinski definition) is 2. The van der Waals surface area contributed by atoms with Gasteiger partial charge in [-0.1, -0.05) is 39.5 Å². The molecule has 1 aromatic carbocycles. The molecular formula is C28H42O6Si. The first-order valence-electron chi connectivity index (χ1n) is 12.4. The Balaban J connectivity index is 2.00. The third kappa shape index (κ3) is 5.43. The van der Waals surface area contributed by atoms with E-state index in [4.69, 9.17) is 13.9 Å². The van der Waals surface area contributed by atoms with Crippen molar-refractivity contribution in [2.75, 3.05) is 7.11 Å². The molecule has 2 fully saturated rings. The number of carbonyl (C=O) groups excluding carboxylic acids is 1. The third-order valence-electron chi connectivity index (χ3n) is 8.36. The molecule has 0 amide bonds. The highest BCUT2D eigenvalue weighted by atomic mass is 28.4. The zero-order valence-corrected chi connectivity index (χ0v) is 23.2. The molecule has 0 saturated heterocycles. The summed E-state index contributed by atoms with van der Waals surface area (Å²) in [7, 11) is -0.697. The topological polar surface area (TPSA) is 85.2 Å². The Labute approximate surface area is 211 Å². The molecular weight excluding hydrogens is 460 g/mol. The zero-order valence-electron chi connectivity index (χ0n) is 22.2. The maximum Gasteiger partial charge on any atom is 0.308 e. The van der Waals surface area contributed by atoms with Gasteiger partial charge in [0.15, 0.2) is 19.8 Å². The lowest BCUT2D eigenvalue weighted by atomic mass is 9.68. The average molecular weight is 503 g/mol. The van der Waals surface area contributed by atoms with Gasteiger partial charge >= 0.3 is 5.97 Å². The van der Waals surface area contributed by atoms with Crippen LogP contribution in [0.1, 0.15) is 39.7 Å². The minimum atomic E-state index is -2.24. The number of benzene rings is 1. The van der Waals surface area contributed by atoms with Crippen LogP contribution in [0, 0.1) is 23.7 Å². The maximum absolute atomic E-state index is 11.6. The Kier molecular flexibility index (Phi) is 8.06. The van der Waals surface area contributed by atoms with Gasteiger partial charge in [0.25, 0.3) is 0 Å². The van der Waals surface area contributed by atoms with E-state index in [1.165, 1.54) is 6.92 Å². The normalized spacial score (nSPS) is 31.1. The number of methoxy groups -OCH3 is 1. The summed E-state index contributed by atoms with van der Waals surface area (Å²) in [5.41, 5.74) is 1.67. The van der Waals surface area contributed by atoms with Crippen LogP contribution < -0.4 is 9.47 Å². The average Bonchev–Trinajstić information content (AvgIpc) is 3.12. The highest BCUT2D eigenvalue weighted by Crippen LogP contribution is 2.55. The highest BCUT2D eigenvalue weighted by molar-refractivity contribution is 6.74. The van der Waals surface area contributed by atoms with E-state index in [1.807, 2.05) is 24.3 Å². The van der Waals surface area contributed by atoms with Gasteiger partial charge in [-0.2, -0.15) is 0 Å². The second-order valence-corrected chi connectivity index (χ2v) is 16.4.